The molecule has 2 N–H and O–H groups in total. The van der Waals surface area contributed by atoms with Gasteiger partial charge in [0.1, 0.15) is 18.3 Å². The lowest BCUT2D eigenvalue weighted by Crippen LogP contribution is -2.15. The Hall–Kier alpha value is -1.88. The number of rotatable bonds is 3. The molecular weight excluding hydrogens is 224 g/mol. The third-order valence-electron chi connectivity index (χ3n) is 2.44. The average Bonchev–Trinajstić information content (AvgIpc) is 2.39. The molecule has 0 aliphatic carbocycles. The molecule has 3 nitrogen and oxygen atoms in total. The van der Waals surface area contributed by atoms with E-state index in [1.165, 1.54) is 12.1 Å². The van der Waals surface area contributed by atoms with E-state index >= 15 is 0 Å². The van der Waals surface area contributed by atoms with Gasteiger partial charge in [0.2, 0.25) is 0 Å². The van der Waals surface area contributed by atoms with Crippen molar-refractivity contribution in [2.24, 2.45) is 5.73 Å². The third kappa shape index (κ3) is 2.45. The van der Waals surface area contributed by atoms with Crippen LogP contribution in [0.2, 0.25) is 0 Å². The van der Waals surface area contributed by atoms with E-state index in [1.54, 1.807) is 24.5 Å². The van der Waals surface area contributed by atoms with Gasteiger partial charge in [0, 0.05) is 18.0 Å². The van der Waals surface area contributed by atoms with Gasteiger partial charge in [0.15, 0.2) is 0 Å². The second kappa shape index (κ2) is 4.97. The molecule has 0 spiro atoms. The van der Waals surface area contributed by atoms with Crippen LogP contribution in [0.4, 0.5) is 8.78 Å². The molecule has 0 aliphatic rings. The zero-order chi connectivity index (χ0) is 12.3. The van der Waals surface area contributed by atoms with Crippen LogP contribution in [0.15, 0.2) is 36.7 Å². The van der Waals surface area contributed by atoms with E-state index in [0.717, 1.165) is 0 Å². The van der Waals surface area contributed by atoms with Gasteiger partial charge < -0.3 is 5.73 Å². The second-order valence-corrected chi connectivity index (χ2v) is 3.57. The number of halogens is 2. The maximum Gasteiger partial charge on any atom is 0.149 e. The molecule has 0 fully saturated rings. The van der Waals surface area contributed by atoms with Gasteiger partial charge in [-0.15, -0.1) is 0 Å². The Balaban J connectivity index is 2.32. The number of nitrogens with zero attached hydrogens (tertiary/aromatic N) is 2. The molecule has 0 amide bonds. The second-order valence-electron chi connectivity index (χ2n) is 3.57. The smallest absolute Gasteiger partial charge is 0.149 e. The molecule has 1 heterocycles. The lowest BCUT2D eigenvalue weighted by atomic mass is 10.0. The van der Waals surface area contributed by atoms with Crippen molar-refractivity contribution < 1.29 is 8.78 Å². The van der Waals surface area contributed by atoms with Crippen molar-refractivity contribution >= 4 is 0 Å². The monoisotopic (exact) mass is 235 g/mol. The first-order valence-corrected chi connectivity index (χ1v) is 5.09. The van der Waals surface area contributed by atoms with Crippen molar-refractivity contribution in [2.75, 3.05) is 0 Å². The molecule has 0 unspecified atom stereocenters. The summed E-state index contributed by atoms with van der Waals surface area (Å²) in [5.74, 6) is -0.198. The van der Waals surface area contributed by atoms with Crippen molar-refractivity contribution in [2.45, 2.75) is 12.7 Å². The number of aromatic nitrogens is 2. The van der Waals surface area contributed by atoms with Crippen molar-refractivity contribution in [3.05, 3.63) is 59.4 Å². The third-order valence-corrected chi connectivity index (χ3v) is 2.44. The Kier molecular flexibility index (Phi) is 3.39. The summed E-state index contributed by atoms with van der Waals surface area (Å²) < 4.78 is 25.7. The molecule has 0 bridgehead atoms. The summed E-state index contributed by atoms with van der Waals surface area (Å²) in [7, 11) is 0. The van der Waals surface area contributed by atoms with E-state index in [-0.39, 0.29) is 5.56 Å². The molecule has 0 radical (unpaired) electrons. The SMILES string of the molecule is N[C@@H](c1ccc(CF)c(F)c1)c1ncccn1. The minimum absolute atomic E-state index is 0.0231. The standard InChI is InChI=1S/C12H11F2N3/c13-7-9-3-2-8(6-10(9)14)11(15)12-16-4-1-5-17-12/h1-6,11H,7,15H2/t11-/m0/s1. The van der Waals surface area contributed by atoms with Gasteiger partial charge in [-0.3, -0.25) is 0 Å². The Labute approximate surface area is 97.3 Å². The summed E-state index contributed by atoms with van der Waals surface area (Å²) in [6.07, 6.45) is 3.13. The molecule has 0 saturated carbocycles. The van der Waals surface area contributed by atoms with Crippen LogP contribution in [0.3, 0.4) is 0 Å². The fraction of sp³-hybridized carbons (Fsp3) is 0.167. The van der Waals surface area contributed by atoms with Crippen LogP contribution < -0.4 is 5.73 Å². The van der Waals surface area contributed by atoms with Gasteiger partial charge in [0.05, 0.1) is 6.04 Å². The van der Waals surface area contributed by atoms with Crippen LogP contribution in [-0.2, 0) is 6.67 Å². The summed E-state index contributed by atoms with van der Waals surface area (Å²) >= 11 is 0. The maximum atomic E-state index is 13.4. The molecule has 0 aliphatic heterocycles. The number of benzene rings is 1. The zero-order valence-electron chi connectivity index (χ0n) is 8.98. The topological polar surface area (TPSA) is 51.8 Å². The first-order valence-electron chi connectivity index (χ1n) is 5.09. The van der Waals surface area contributed by atoms with Crippen LogP contribution in [0.5, 0.6) is 0 Å². The minimum Gasteiger partial charge on any atom is -0.318 e. The van der Waals surface area contributed by atoms with Crippen LogP contribution in [-0.4, -0.2) is 9.97 Å². The van der Waals surface area contributed by atoms with Gasteiger partial charge >= 0.3 is 0 Å². The highest BCUT2D eigenvalue weighted by molar-refractivity contribution is 5.29. The maximum absolute atomic E-state index is 13.4. The predicted molar refractivity (Wildman–Crippen MR) is 59.3 cm³/mol. The largest absolute Gasteiger partial charge is 0.318 e. The van der Waals surface area contributed by atoms with Crippen molar-refractivity contribution in [1.29, 1.82) is 0 Å². The van der Waals surface area contributed by atoms with Gasteiger partial charge in [0.25, 0.3) is 0 Å². The Bertz CT molecular complexity index is 502. The van der Waals surface area contributed by atoms with Gasteiger partial charge in [-0.1, -0.05) is 12.1 Å². The molecular formula is C12H11F2N3. The Morgan fingerprint density at radius 3 is 2.53 bits per heavy atom. The zero-order valence-corrected chi connectivity index (χ0v) is 8.98. The predicted octanol–water partition coefficient (Wildman–Crippen LogP) is 2.13. The summed E-state index contributed by atoms with van der Waals surface area (Å²) in [4.78, 5) is 7.99. The number of hydrogen-bond acceptors (Lipinski definition) is 3. The molecule has 0 saturated heterocycles. The average molecular weight is 235 g/mol. The summed E-state index contributed by atoms with van der Waals surface area (Å²) in [5, 5.41) is 0. The van der Waals surface area contributed by atoms with E-state index in [0.29, 0.717) is 11.4 Å². The van der Waals surface area contributed by atoms with E-state index in [9.17, 15) is 8.78 Å². The molecule has 1 aromatic heterocycles. The van der Waals surface area contributed by atoms with E-state index in [2.05, 4.69) is 9.97 Å². The van der Waals surface area contributed by atoms with Gasteiger partial charge in [-0.2, -0.15) is 0 Å². The molecule has 1 aromatic carbocycles. The Morgan fingerprint density at radius 1 is 1.24 bits per heavy atom. The van der Waals surface area contributed by atoms with Gasteiger partial charge in [-0.05, 0) is 17.7 Å². The van der Waals surface area contributed by atoms with Crippen LogP contribution in [0.25, 0.3) is 0 Å². The number of nitrogens with two attached hydrogens (primary N) is 1. The van der Waals surface area contributed by atoms with Crippen molar-refractivity contribution in [3.8, 4) is 0 Å². The first kappa shape index (κ1) is 11.6. The highest BCUT2D eigenvalue weighted by Crippen LogP contribution is 2.19. The number of hydrogen-bond donors (Lipinski definition) is 1. The highest BCUT2D eigenvalue weighted by atomic mass is 19.1. The lowest BCUT2D eigenvalue weighted by Gasteiger charge is -2.11. The molecule has 1 atom stereocenters. The fourth-order valence-electron chi connectivity index (χ4n) is 1.49. The summed E-state index contributed by atoms with van der Waals surface area (Å²) in [5.41, 5.74) is 6.43. The van der Waals surface area contributed by atoms with Crippen molar-refractivity contribution in [3.63, 3.8) is 0 Å². The molecule has 17 heavy (non-hydrogen) atoms. The van der Waals surface area contributed by atoms with Crippen LogP contribution in [0, 0.1) is 5.82 Å². The molecule has 2 aromatic rings. The highest BCUT2D eigenvalue weighted by Gasteiger charge is 2.13. The number of alkyl halides is 1. The summed E-state index contributed by atoms with van der Waals surface area (Å²) in [6, 6.07) is 5.24. The fourth-order valence-corrected chi connectivity index (χ4v) is 1.49. The molecule has 88 valence electrons. The van der Waals surface area contributed by atoms with Crippen LogP contribution >= 0.6 is 0 Å². The summed E-state index contributed by atoms with van der Waals surface area (Å²) in [6.45, 7) is -0.830. The minimum atomic E-state index is -0.830. The normalized spacial score (nSPS) is 12.4. The van der Waals surface area contributed by atoms with E-state index < -0.39 is 18.5 Å². The lowest BCUT2D eigenvalue weighted by molar-refractivity contribution is 0.463. The van der Waals surface area contributed by atoms with E-state index in [4.69, 9.17) is 5.73 Å². The van der Waals surface area contributed by atoms with Crippen LogP contribution in [0.1, 0.15) is 23.0 Å². The first-order chi connectivity index (χ1) is 8.22. The van der Waals surface area contributed by atoms with Gasteiger partial charge in [-0.25, -0.2) is 18.7 Å². The Morgan fingerprint density at radius 2 is 1.94 bits per heavy atom. The quantitative estimate of drug-likeness (QED) is 0.886. The van der Waals surface area contributed by atoms with E-state index in [1.807, 2.05) is 0 Å². The molecule has 5 heteroatoms. The van der Waals surface area contributed by atoms with Crippen molar-refractivity contribution in [1.82, 2.24) is 9.97 Å². The molecule has 2 rings (SSSR count).